The number of aliphatic hydroxyl groups excluding tert-OH is 1. The topological polar surface area (TPSA) is 74.4 Å². The second kappa shape index (κ2) is 7.21. The lowest BCUT2D eigenvalue weighted by atomic mass is 10.0. The largest absolute Gasteiger partial charge is 0.417 e. The number of nitrogens with zero attached hydrogens (tertiary/aromatic N) is 3. The molecule has 0 bridgehead atoms. The van der Waals surface area contributed by atoms with Crippen molar-refractivity contribution in [3.05, 3.63) is 29.3 Å². The average molecular weight is 384 g/mol. The number of alkyl halides is 3. The van der Waals surface area contributed by atoms with Crippen LogP contribution in [0.5, 0.6) is 0 Å². The third-order valence-corrected chi connectivity index (χ3v) is 4.78. The Morgan fingerprint density at radius 2 is 1.96 bits per heavy atom. The Balaban J connectivity index is 2.44. The van der Waals surface area contributed by atoms with Crippen molar-refractivity contribution in [3.8, 4) is 6.07 Å². The first-order valence-corrected chi connectivity index (χ1v) is 8.39. The molecule has 0 amide bonds. The van der Waals surface area contributed by atoms with Gasteiger partial charge in [0.25, 0.3) is 0 Å². The van der Waals surface area contributed by atoms with Crippen LogP contribution in [-0.2, 0) is 6.18 Å². The number of unbranched alkanes of at least 4 members (excludes halogenated alkanes) is 1. The molecule has 2 rings (SSSR count). The van der Waals surface area contributed by atoms with E-state index >= 15 is 0 Å². The maximum absolute atomic E-state index is 13.2. The molecular weight excluding hydrogens is 365 g/mol. The van der Waals surface area contributed by atoms with Crippen LogP contribution in [0.2, 0.25) is 0 Å². The van der Waals surface area contributed by atoms with Gasteiger partial charge in [0.05, 0.1) is 28.4 Å². The van der Waals surface area contributed by atoms with Crippen molar-refractivity contribution >= 4 is 28.9 Å². The normalized spacial score (nSPS) is 17.0. The van der Waals surface area contributed by atoms with E-state index in [1.54, 1.807) is 24.8 Å². The lowest BCUT2D eigenvalue weighted by Crippen LogP contribution is -2.44. The zero-order chi connectivity index (χ0) is 19.7. The van der Waals surface area contributed by atoms with E-state index < -0.39 is 22.8 Å². The number of hydrogen-bond acceptors (Lipinski definition) is 4. The molecule has 2 N–H and O–H groups in total. The van der Waals surface area contributed by atoms with E-state index in [-0.39, 0.29) is 23.2 Å². The zero-order valence-electron chi connectivity index (χ0n) is 14.4. The lowest BCUT2D eigenvalue weighted by Gasteiger charge is -2.30. The molecule has 0 atom stereocenters. The molecule has 9 heteroatoms. The summed E-state index contributed by atoms with van der Waals surface area (Å²) in [7, 11) is 0. The van der Waals surface area contributed by atoms with Gasteiger partial charge in [0.1, 0.15) is 5.84 Å². The molecule has 1 saturated heterocycles. The SMILES string of the molecule is CC1(C)C(=N)N(c2ccc(C#N)c(C(F)(F)F)c2)C(=S)N1CCCCO. The van der Waals surface area contributed by atoms with Gasteiger partial charge >= 0.3 is 6.18 Å². The minimum Gasteiger partial charge on any atom is -0.396 e. The second-order valence-corrected chi connectivity index (χ2v) is 6.81. The molecule has 0 aromatic heterocycles. The van der Waals surface area contributed by atoms with Gasteiger partial charge < -0.3 is 10.0 Å². The van der Waals surface area contributed by atoms with E-state index in [2.05, 4.69) is 0 Å². The van der Waals surface area contributed by atoms with Crippen molar-refractivity contribution in [2.45, 2.75) is 38.4 Å². The number of thiocarbonyl (C=S) groups is 1. The molecule has 26 heavy (non-hydrogen) atoms. The Morgan fingerprint density at radius 1 is 1.31 bits per heavy atom. The lowest BCUT2D eigenvalue weighted by molar-refractivity contribution is -0.137. The number of hydrogen-bond donors (Lipinski definition) is 2. The number of rotatable bonds is 5. The maximum atomic E-state index is 13.2. The van der Waals surface area contributed by atoms with Gasteiger partial charge in [-0.2, -0.15) is 18.4 Å². The second-order valence-electron chi connectivity index (χ2n) is 6.45. The van der Waals surface area contributed by atoms with Gasteiger partial charge in [0.2, 0.25) is 0 Å². The molecule has 1 aromatic rings. The molecule has 140 valence electrons. The molecule has 1 aliphatic heterocycles. The highest BCUT2D eigenvalue weighted by molar-refractivity contribution is 7.80. The molecule has 1 aromatic carbocycles. The summed E-state index contributed by atoms with van der Waals surface area (Å²) in [6.45, 7) is 4.06. The van der Waals surface area contributed by atoms with Crippen LogP contribution in [0.3, 0.4) is 0 Å². The summed E-state index contributed by atoms with van der Waals surface area (Å²) in [4.78, 5) is 3.07. The van der Waals surface area contributed by atoms with E-state index in [0.29, 0.717) is 19.4 Å². The third kappa shape index (κ3) is 3.52. The van der Waals surface area contributed by atoms with Crippen LogP contribution in [-0.4, -0.2) is 39.6 Å². The van der Waals surface area contributed by atoms with Crippen LogP contribution in [0.4, 0.5) is 18.9 Å². The molecule has 0 radical (unpaired) electrons. The van der Waals surface area contributed by atoms with Crippen LogP contribution in [0, 0.1) is 16.7 Å². The summed E-state index contributed by atoms with van der Waals surface area (Å²) in [6, 6.07) is 4.85. The Kier molecular flexibility index (Phi) is 5.58. The predicted molar refractivity (Wildman–Crippen MR) is 96.1 cm³/mol. The fraction of sp³-hybridized carbons (Fsp3) is 0.471. The highest BCUT2D eigenvalue weighted by atomic mass is 32.1. The van der Waals surface area contributed by atoms with Crippen molar-refractivity contribution in [3.63, 3.8) is 0 Å². The molecule has 0 saturated carbocycles. The fourth-order valence-electron chi connectivity index (χ4n) is 2.86. The van der Waals surface area contributed by atoms with Gasteiger partial charge in [0.15, 0.2) is 5.11 Å². The van der Waals surface area contributed by atoms with Crippen molar-refractivity contribution in [2.24, 2.45) is 0 Å². The Hall–Kier alpha value is -2.18. The van der Waals surface area contributed by atoms with E-state index in [9.17, 15) is 13.2 Å². The Morgan fingerprint density at radius 3 is 2.50 bits per heavy atom. The number of halogens is 3. The van der Waals surface area contributed by atoms with E-state index in [4.69, 9.17) is 28.0 Å². The minimum absolute atomic E-state index is 0.0345. The summed E-state index contributed by atoms with van der Waals surface area (Å²) in [5, 5.41) is 26.5. The molecule has 0 spiro atoms. The summed E-state index contributed by atoms with van der Waals surface area (Å²) in [5.41, 5.74) is -2.22. The summed E-state index contributed by atoms with van der Waals surface area (Å²) in [5.74, 6) is 0.0596. The summed E-state index contributed by atoms with van der Waals surface area (Å²) in [6.07, 6.45) is -3.47. The quantitative estimate of drug-likeness (QED) is 0.600. The maximum Gasteiger partial charge on any atom is 0.417 e. The molecule has 0 unspecified atom stereocenters. The molecular formula is C17H19F3N4OS. The first kappa shape index (κ1) is 20.1. The molecule has 1 fully saturated rings. The van der Waals surface area contributed by atoms with Gasteiger partial charge in [-0.15, -0.1) is 0 Å². The van der Waals surface area contributed by atoms with Crippen molar-refractivity contribution in [1.82, 2.24) is 4.90 Å². The van der Waals surface area contributed by atoms with Crippen LogP contribution < -0.4 is 4.90 Å². The van der Waals surface area contributed by atoms with Crippen LogP contribution in [0.15, 0.2) is 18.2 Å². The number of nitriles is 1. The number of aliphatic hydroxyl groups is 1. The van der Waals surface area contributed by atoms with Crippen LogP contribution >= 0.6 is 12.2 Å². The Labute approximate surface area is 155 Å². The number of anilines is 1. The standard InChI is InChI=1S/C17H19F3N4OS/c1-16(2)14(22)24(15(26)23(16)7-3-4-8-25)12-6-5-11(10-21)13(9-12)17(18,19)20/h5-6,9,22,25H,3-4,7-8H2,1-2H3. The number of nitrogens with one attached hydrogen (secondary N) is 1. The first-order valence-electron chi connectivity index (χ1n) is 7.98. The Bertz CT molecular complexity index is 770. The molecule has 1 aliphatic rings. The third-order valence-electron chi connectivity index (χ3n) is 4.38. The van der Waals surface area contributed by atoms with Crippen LogP contribution in [0.1, 0.15) is 37.8 Å². The van der Waals surface area contributed by atoms with Gasteiger partial charge in [-0.05, 0) is 57.1 Å². The van der Waals surface area contributed by atoms with Gasteiger partial charge in [-0.25, -0.2) is 0 Å². The summed E-state index contributed by atoms with van der Waals surface area (Å²) >= 11 is 5.42. The highest BCUT2D eigenvalue weighted by Gasteiger charge is 2.46. The molecule has 0 aliphatic carbocycles. The van der Waals surface area contributed by atoms with E-state index in [1.165, 1.54) is 11.0 Å². The van der Waals surface area contributed by atoms with Crippen molar-refractivity contribution in [2.75, 3.05) is 18.1 Å². The van der Waals surface area contributed by atoms with Crippen LogP contribution in [0.25, 0.3) is 0 Å². The van der Waals surface area contributed by atoms with Crippen molar-refractivity contribution < 1.29 is 18.3 Å². The fourth-order valence-corrected chi connectivity index (χ4v) is 3.37. The summed E-state index contributed by atoms with van der Waals surface area (Å²) < 4.78 is 39.7. The first-order chi connectivity index (χ1) is 12.1. The molecule has 1 heterocycles. The number of amidine groups is 1. The smallest absolute Gasteiger partial charge is 0.396 e. The van der Waals surface area contributed by atoms with E-state index in [1.807, 2.05) is 0 Å². The van der Waals surface area contributed by atoms with E-state index in [0.717, 1.165) is 12.1 Å². The average Bonchev–Trinajstić information content (AvgIpc) is 2.73. The monoisotopic (exact) mass is 384 g/mol. The van der Waals surface area contributed by atoms with Gasteiger partial charge in [-0.1, -0.05) is 0 Å². The minimum atomic E-state index is -4.68. The zero-order valence-corrected chi connectivity index (χ0v) is 15.2. The highest BCUT2D eigenvalue weighted by Crippen LogP contribution is 2.37. The predicted octanol–water partition coefficient (Wildman–Crippen LogP) is 3.51. The molecule has 5 nitrogen and oxygen atoms in total. The van der Waals surface area contributed by atoms with Crippen molar-refractivity contribution in [1.29, 1.82) is 10.7 Å². The van der Waals surface area contributed by atoms with Gasteiger partial charge in [0, 0.05) is 13.2 Å². The number of benzene rings is 1. The van der Waals surface area contributed by atoms with Gasteiger partial charge in [-0.3, -0.25) is 10.3 Å².